The zero-order valence-electron chi connectivity index (χ0n) is 10.8. The van der Waals surface area contributed by atoms with Crippen LogP contribution < -0.4 is 5.32 Å². The zero-order chi connectivity index (χ0) is 15.4. The van der Waals surface area contributed by atoms with E-state index in [4.69, 9.17) is 5.11 Å². The molecule has 1 aromatic carbocycles. The highest BCUT2D eigenvalue weighted by atomic mass is 19.4. The van der Waals surface area contributed by atoms with E-state index in [1.165, 1.54) is 0 Å². The highest BCUT2D eigenvalue weighted by Crippen LogP contribution is 2.29. The first-order valence-electron chi connectivity index (χ1n) is 5.93. The van der Waals surface area contributed by atoms with Crippen LogP contribution in [0.3, 0.4) is 0 Å². The van der Waals surface area contributed by atoms with Gasteiger partial charge in [-0.15, -0.1) is 0 Å². The molecular formula is C13H16F3NO3. The third-order valence-electron chi connectivity index (χ3n) is 2.88. The molecule has 0 amide bonds. The topological polar surface area (TPSA) is 69.6 Å². The smallest absolute Gasteiger partial charge is 0.418 e. The lowest BCUT2D eigenvalue weighted by molar-refractivity contribution is -0.250. The summed E-state index contributed by atoms with van der Waals surface area (Å²) >= 11 is 0. The summed E-state index contributed by atoms with van der Waals surface area (Å²) in [6, 6.07) is 7.33. The summed E-state index contributed by atoms with van der Waals surface area (Å²) in [6.45, 7) is -0.290. The summed E-state index contributed by atoms with van der Waals surface area (Å²) in [6.07, 6.45) is -4.79. The molecule has 0 aromatic heterocycles. The first-order chi connectivity index (χ1) is 9.13. The third-order valence-corrected chi connectivity index (χ3v) is 2.88. The Labute approximate surface area is 114 Å². The molecule has 1 rings (SSSR count). The average molecular weight is 291 g/mol. The van der Waals surface area contributed by atoms with Crippen molar-refractivity contribution >= 4 is 5.97 Å². The molecule has 4 nitrogen and oxygen atoms in total. The number of halogens is 3. The van der Waals surface area contributed by atoms with Gasteiger partial charge >= 0.3 is 12.1 Å². The molecule has 0 saturated carbocycles. The second-order valence-corrected chi connectivity index (χ2v) is 4.73. The van der Waals surface area contributed by atoms with E-state index in [2.05, 4.69) is 5.32 Å². The average Bonchev–Trinajstić information content (AvgIpc) is 2.34. The Morgan fingerprint density at radius 2 is 1.85 bits per heavy atom. The molecule has 3 N–H and O–H groups in total. The van der Waals surface area contributed by atoms with E-state index in [-0.39, 0.29) is 6.42 Å². The van der Waals surface area contributed by atoms with Gasteiger partial charge < -0.3 is 15.5 Å². The SMILES string of the molecule is CC(O)(CN[C@H](Cc1ccccc1)C(=O)O)C(F)(F)F. The number of alkyl halides is 3. The number of carbonyl (C=O) groups is 1. The second-order valence-electron chi connectivity index (χ2n) is 4.73. The van der Waals surface area contributed by atoms with Crippen LogP contribution in [0, 0.1) is 0 Å². The van der Waals surface area contributed by atoms with Crippen molar-refractivity contribution < 1.29 is 28.2 Å². The van der Waals surface area contributed by atoms with E-state index in [0.717, 1.165) is 0 Å². The fourth-order valence-electron chi connectivity index (χ4n) is 1.52. The van der Waals surface area contributed by atoms with Crippen molar-refractivity contribution in [2.45, 2.75) is 31.2 Å². The van der Waals surface area contributed by atoms with Crippen molar-refractivity contribution in [3.63, 3.8) is 0 Å². The Morgan fingerprint density at radius 1 is 1.30 bits per heavy atom. The van der Waals surface area contributed by atoms with Crippen LogP contribution >= 0.6 is 0 Å². The van der Waals surface area contributed by atoms with Crippen molar-refractivity contribution in [2.75, 3.05) is 6.54 Å². The second kappa shape index (κ2) is 6.23. The highest BCUT2D eigenvalue weighted by molar-refractivity contribution is 5.73. The van der Waals surface area contributed by atoms with Crippen LogP contribution in [0.2, 0.25) is 0 Å². The van der Waals surface area contributed by atoms with Crippen molar-refractivity contribution in [3.05, 3.63) is 35.9 Å². The lowest BCUT2D eigenvalue weighted by Gasteiger charge is -2.28. The molecule has 0 aliphatic carbocycles. The van der Waals surface area contributed by atoms with E-state index in [1.807, 2.05) is 0 Å². The number of carboxylic acid groups (broad SMARTS) is 1. The molecule has 2 atom stereocenters. The van der Waals surface area contributed by atoms with Crippen LogP contribution in [-0.4, -0.2) is 40.5 Å². The monoisotopic (exact) mass is 291 g/mol. The van der Waals surface area contributed by atoms with Gasteiger partial charge in [-0.25, -0.2) is 0 Å². The molecule has 0 aliphatic rings. The molecule has 0 bridgehead atoms. The summed E-state index contributed by atoms with van der Waals surface area (Å²) in [5.41, 5.74) is -2.30. The Hall–Kier alpha value is -1.60. The molecule has 20 heavy (non-hydrogen) atoms. The molecule has 0 heterocycles. The van der Waals surface area contributed by atoms with Gasteiger partial charge in [-0.2, -0.15) is 13.2 Å². The molecule has 0 spiro atoms. The van der Waals surface area contributed by atoms with Gasteiger partial charge in [0.15, 0.2) is 5.60 Å². The molecule has 7 heteroatoms. The van der Waals surface area contributed by atoms with E-state index in [9.17, 15) is 23.1 Å². The van der Waals surface area contributed by atoms with Crippen LogP contribution in [0.1, 0.15) is 12.5 Å². The number of nitrogens with one attached hydrogen (secondary N) is 1. The number of carboxylic acids is 1. The van der Waals surface area contributed by atoms with E-state index < -0.39 is 30.3 Å². The van der Waals surface area contributed by atoms with E-state index in [0.29, 0.717) is 12.5 Å². The minimum Gasteiger partial charge on any atom is -0.480 e. The van der Waals surface area contributed by atoms with Gasteiger partial charge in [-0.05, 0) is 18.9 Å². The fraction of sp³-hybridized carbons (Fsp3) is 0.462. The number of benzene rings is 1. The third kappa shape index (κ3) is 4.50. The molecule has 0 radical (unpaired) electrons. The van der Waals surface area contributed by atoms with Crippen LogP contribution in [0.25, 0.3) is 0 Å². The summed E-state index contributed by atoms with van der Waals surface area (Å²) in [4.78, 5) is 11.0. The summed E-state index contributed by atoms with van der Waals surface area (Å²) in [5.74, 6) is -1.27. The summed E-state index contributed by atoms with van der Waals surface area (Å²) in [7, 11) is 0. The molecule has 1 aromatic rings. The maximum atomic E-state index is 12.5. The maximum absolute atomic E-state index is 12.5. The molecular weight excluding hydrogens is 275 g/mol. The Morgan fingerprint density at radius 3 is 2.30 bits per heavy atom. The minimum absolute atomic E-state index is 0.0319. The summed E-state index contributed by atoms with van der Waals surface area (Å²) in [5, 5.41) is 20.5. The van der Waals surface area contributed by atoms with Gasteiger partial charge in [0.2, 0.25) is 0 Å². The Kier molecular flexibility index (Phi) is 5.13. The number of hydrogen-bond donors (Lipinski definition) is 3. The van der Waals surface area contributed by atoms with Crippen molar-refractivity contribution in [2.24, 2.45) is 0 Å². The quantitative estimate of drug-likeness (QED) is 0.744. The predicted molar refractivity (Wildman–Crippen MR) is 66.3 cm³/mol. The van der Waals surface area contributed by atoms with Gasteiger partial charge in [-0.3, -0.25) is 4.79 Å². The van der Waals surface area contributed by atoms with Gasteiger partial charge in [0, 0.05) is 6.54 Å². The van der Waals surface area contributed by atoms with Crippen molar-refractivity contribution in [3.8, 4) is 0 Å². The summed E-state index contributed by atoms with van der Waals surface area (Å²) < 4.78 is 37.4. The van der Waals surface area contributed by atoms with Gasteiger partial charge in [0.25, 0.3) is 0 Å². The first kappa shape index (κ1) is 16.5. The molecule has 0 aliphatic heterocycles. The van der Waals surface area contributed by atoms with Gasteiger partial charge in [0.1, 0.15) is 6.04 Å². The number of rotatable bonds is 6. The molecule has 112 valence electrons. The van der Waals surface area contributed by atoms with Crippen LogP contribution in [0.5, 0.6) is 0 Å². The molecule has 1 unspecified atom stereocenters. The highest BCUT2D eigenvalue weighted by Gasteiger charge is 2.49. The Bertz CT molecular complexity index is 446. The van der Waals surface area contributed by atoms with Crippen molar-refractivity contribution in [1.29, 1.82) is 0 Å². The number of hydrogen-bond acceptors (Lipinski definition) is 3. The van der Waals surface area contributed by atoms with Crippen molar-refractivity contribution in [1.82, 2.24) is 5.32 Å². The number of aliphatic hydroxyl groups is 1. The molecule has 0 saturated heterocycles. The van der Waals surface area contributed by atoms with E-state index >= 15 is 0 Å². The Balaban J connectivity index is 2.68. The van der Waals surface area contributed by atoms with E-state index in [1.54, 1.807) is 30.3 Å². The maximum Gasteiger partial charge on any atom is 0.418 e. The zero-order valence-corrected chi connectivity index (χ0v) is 10.8. The number of aliphatic carboxylic acids is 1. The van der Waals surface area contributed by atoms with Crippen LogP contribution in [-0.2, 0) is 11.2 Å². The largest absolute Gasteiger partial charge is 0.480 e. The van der Waals surface area contributed by atoms with Crippen LogP contribution in [0.4, 0.5) is 13.2 Å². The lowest BCUT2D eigenvalue weighted by Crippen LogP contribution is -2.53. The minimum atomic E-state index is -4.82. The standard InChI is InChI=1S/C13H16F3NO3/c1-12(20,13(14,15)16)8-17-10(11(18)19)7-9-5-3-2-4-6-9/h2-6,10,17,20H,7-8H2,1H3,(H,18,19)/t10-,12?/m1/s1. The fourth-order valence-corrected chi connectivity index (χ4v) is 1.52. The molecule has 0 fully saturated rings. The lowest BCUT2D eigenvalue weighted by atomic mass is 10.0. The van der Waals surface area contributed by atoms with Gasteiger partial charge in [-0.1, -0.05) is 30.3 Å². The van der Waals surface area contributed by atoms with Gasteiger partial charge in [0.05, 0.1) is 0 Å². The first-order valence-corrected chi connectivity index (χ1v) is 5.93. The van der Waals surface area contributed by atoms with Crippen LogP contribution in [0.15, 0.2) is 30.3 Å². The predicted octanol–water partition coefficient (Wildman–Crippen LogP) is 1.59. The normalized spacial score (nSPS) is 16.4.